The van der Waals surface area contributed by atoms with Gasteiger partial charge in [-0.2, -0.15) is 0 Å². The lowest BCUT2D eigenvalue weighted by Crippen LogP contribution is -2.36. The van der Waals surface area contributed by atoms with Crippen LogP contribution in [0.4, 0.5) is 19.3 Å². The first-order valence-electron chi connectivity index (χ1n) is 10.2. The number of ether oxygens (including phenoxy) is 3. The maximum atomic E-state index is 13.7. The van der Waals surface area contributed by atoms with Crippen molar-refractivity contribution in [2.24, 2.45) is 0 Å². The van der Waals surface area contributed by atoms with Gasteiger partial charge < -0.3 is 19.5 Å². The number of amides is 3. The number of halogens is 2. The molecule has 1 fully saturated rings. The Morgan fingerprint density at radius 3 is 2.54 bits per heavy atom. The Labute approximate surface area is 203 Å². The Morgan fingerprint density at radius 2 is 1.86 bits per heavy atom. The van der Waals surface area contributed by atoms with E-state index in [9.17, 15) is 28.0 Å². The zero-order valence-corrected chi connectivity index (χ0v) is 19.4. The minimum atomic E-state index is -0.989. The number of hydrogen-bond acceptors (Lipinski definition) is 8. The first-order chi connectivity index (χ1) is 16.7. The number of esters is 1. The van der Waals surface area contributed by atoms with Crippen LogP contribution in [-0.4, -0.2) is 54.8 Å². The van der Waals surface area contributed by atoms with Crippen LogP contribution < -0.4 is 14.8 Å². The van der Waals surface area contributed by atoms with Gasteiger partial charge in [0.05, 0.1) is 24.3 Å². The van der Waals surface area contributed by atoms with Crippen LogP contribution in [0, 0.1) is 11.6 Å². The maximum Gasteiger partial charge on any atom is 0.343 e. The monoisotopic (exact) mass is 506 g/mol. The number of nitrogens with zero attached hydrogens (tertiary/aromatic N) is 1. The molecule has 1 aliphatic rings. The van der Waals surface area contributed by atoms with E-state index in [0.717, 1.165) is 12.1 Å². The minimum absolute atomic E-state index is 0.0569. The fraction of sp³-hybridized carbons (Fsp3) is 0.217. The Kier molecular flexibility index (Phi) is 8.42. The second-order valence-corrected chi connectivity index (χ2v) is 7.94. The van der Waals surface area contributed by atoms with Gasteiger partial charge in [0.2, 0.25) is 5.91 Å². The maximum absolute atomic E-state index is 13.7. The summed E-state index contributed by atoms with van der Waals surface area (Å²) in [6.07, 6.45) is 1.44. The van der Waals surface area contributed by atoms with Gasteiger partial charge in [0.15, 0.2) is 18.1 Å². The molecule has 0 aromatic heterocycles. The van der Waals surface area contributed by atoms with Gasteiger partial charge in [-0.15, -0.1) is 0 Å². The van der Waals surface area contributed by atoms with E-state index in [-0.39, 0.29) is 22.9 Å². The topological polar surface area (TPSA) is 111 Å². The van der Waals surface area contributed by atoms with Crippen molar-refractivity contribution in [1.29, 1.82) is 0 Å². The molecule has 9 nitrogen and oxygen atoms in total. The number of benzene rings is 2. The molecule has 1 aliphatic heterocycles. The van der Waals surface area contributed by atoms with Gasteiger partial charge in [0, 0.05) is 6.07 Å². The lowest BCUT2D eigenvalue weighted by molar-refractivity contribution is -0.143. The summed E-state index contributed by atoms with van der Waals surface area (Å²) in [7, 11) is 1.23. The predicted octanol–water partition coefficient (Wildman–Crippen LogP) is 3.59. The molecule has 1 saturated heterocycles. The second-order valence-electron chi connectivity index (χ2n) is 6.94. The molecule has 0 unspecified atom stereocenters. The number of thioether (sulfide) groups is 1. The zero-order chi connectivity index (χ0) is 25.5. The van der Waals surface area contributed by atoms with Crippen LogP contribution in [0.5, 0.6) is 11.5 Å². The second kappa shape index (κ2) is 11.5. The number of rotatable bonds is 9. The van der Waals surface area contributed by atoms with Crippen molar-refractivity contribution in [3.8, 4) is 11.5 Å². The molecule has 2 aromatic rings. The fourth-order valence-electron chi connectivity index (χ4n) is 2.91. The number of imide groups is 1. The molecule has 0 spiro atoms. The molecule has 1 N–H and O–H groups in total. The van der Waals surface area contributed by atoms with Crippen molar-refractivity contribution in [1.82, 2.24) is 4.90 Å². The number of carbonyl (C=O) groups excluding carboxylic acids is 4. The lowest BCUT2D eigenvalue weighted by atomic mass is 10.2. The molecule has 35 heavy (non-hydrogen) atoms. The summed E-state index contributed by atoms with van der Waals surface area (Å²) in [5, 5.41) is 1.52. The van der Waals surface area contributed by atoms with Gasteiger partial charge in [-0.1, -0.05) is 6.07 Å². The van der Waals surface area contributed by atoms with Crippen molar-refractivity contribution in [2.45, 2.75) is 6.92 Å². The smallest absolute Gasteiger partial charge is 0.343 e. The molecule has 0 radical (unpaired) electrons. The molecule has 0 bridgehead atoms. The minimum Gasteiger partial charge on any atom is -0.490 e. The van der Waals surface area contributed by atoms with Crippen molar-refractivity contribution >= 4 is 46.5 Å². The predicted molar refractivity (Wildman–Crippen MR) is 123 cm³/mol. The number of hydrogen-bond donors (Lipinski definition) is 1. The van der Waals surface area contributed by atoms with E-state index in [4.69, 9.17) is 9.47 Å². The average molecular weight is 506 g/mol. The summed E-state index contributed by atoms with van der Waals surface area (Å²) >= 11 is 0.632. The molecule has 3 rings (SSSR count). The first kappa shape index (κ1) is 25.7. The van der Waals surface area contributed by atoms with Gasteiger partial charge in [-0.05, 0) is 54.6 Å². The van der Waals surface area contributed by atoms with Crippen LogP contribution in [-0.2, 0) is 19.1 Å². The summed E-state index contributed by atoms with van der Waals surface area (Å²) in [6, 6.07) is 7.28. The van der Waals surface area contributed by atoms with Gasteiger partial charge >= 0.3 is 5.97 Å². The highest BCUT2D eigenvalue weighted by molar-refractivity contribution is 8.18. The van der Waals surface area contributed by atoms with Crippen LogP contribution in [0.2, 0.25) is 0 Å². The number of nitrogens with one attached hydrogen (secondary N) is 1. The SMILES string of the molecule is CCOc1cc(/C=C2/SC(=O)N(CC(=O)Nc3ccc(F)cc3F)C2=O)ccc1OCC(=O)OC. The van der Waals surface area contributed by atoms with E-state index >= 15 is 0 Å². The van der Waals surface area contributed by atoms with Crippen LogP contribution in [0.25, 0.3) is 6.08 Å². The summed E-state index contributed by atoms with van der Waals surface area (Å²) in [6.45, 7) is 1.09. The van der Waals surface area contributed by atoms with Crippen molar-refractivity contribution in [3.05, 3.63) is 58.5 Å². The van der Waals surface area contributed by atoms with E-state index in [1.54, 1.807) is 19.1 Å². The average Bonchev–Trinajstić information content (AvgIpc) is 3.07. The van der Waals surface area contributed by atoms with Crippen LogP contribution in [0.15, 0.2) is 41.3 Å². The first-order valence-corrected chi connectivity index (χ1v) is 11.0. The van der Waals surface area contributed by atoms with Gasteiger partial charge in [0.25, 0.3) is 11.1 Å². The highest BCUT2D eigenvalue weighted by Gasteiger charge is 2.36. The molecule has 3 amide bonds. The molecule has 0 atom stereocenters. The van der Waals surface area contributed by atoms with Crippen LogP contribution in [0.3, 0.4) is 0 Å². The summed E-state index contributed by atoms with van der Waals surface area (Å²) < 4.78 is 42.2. The molecule has 12 heteroatoms. The molecule has 0 aliphatic carbocycles. The summed E-state index contributed by atoms with van der Waals surface area (Å²) in [5.74, 6) is -3.32. The van der Waals surface area contributed by atoms with E-state index in [2.05, 4.69) is 10.1 Å². The van der Waals surface area contributed by atoms with Crippen molar-refractivity contribution < 1.29 is 42.2 Å². The molecular weight excluding hydrogens is 486 g/mol. The van der Waals surface area contributed by atoms with Crippen molar-refractivity contribution in [2.75, 3.05) is 32.2 Å². The van der Waals surface area contributed by atoms with E-state index in [1.807, 2.05) is 0 Å². The third-order valence-corrected chi connectivity index (χ3v) is 5.43. The standard InChI is InChI=1S/C23H20F2N2O7S/c1-3-33-18-8-13(4-7-17(18)34-12-21(29)32-2)9-19-22(30)27(23(31)35-19)11-20(28)26-16-6-5-14(24)10-15(16)25/h4-10H,3,11-12H2,1-2H3,(H,26,28)/b19-9+. The largest absolute Gasteiger partial charge is 0.490 e. The Balaban J connectivity index is 1.72. The third-order valence-electron chi connectivity index (χ3n) is 4.52. The Hall–Kier alpha value is -3.93. The molecule has 0 saturated carbocycles. The highest BCUT2D eigenvalue weighted by atomic mass is 32.2. The van der Waals surface area contributed by atoms with Gasteiger partial charge in [-0.3, -0.25) is 19.3 Å². The number of methoxy groups -OCH3 is 1. The zero-order valence-electron chi connectivity index (χ0n) is 18.6. The number of anilines is 1. The van der Waals surface area contributed by atoms with Crippen LogP contribution in [0.1, 0.15) is 12.5 Å². The van der Waals surface area contributed by atoms with Gasteiger partial charge in [-0.25, -0.2) is 13.6 Å². The highest BCUT2D eigenvalue weighted by Crippen LogP contribution is 2.34. The van der Waals surface area contributed by atoms with Gasteiger partial charge in [0.1, 0.15) is 18.2 Å². The summed E-state index contributed by atoms with van der Waals surface area (Å²) in [4.78, 5) is 49.4. The Bertz CT molecular complexity index is 1200. The Morgan fingerprint density at radius 1 is 1.09 bits per heavy atom. The quantitative estimate of drug-likeness (QED) is 0.406. The number of carbonyl (C=O) groups is 4. The summed E-state index contributed by atoms with van der Waals surface area (Å²) in [5.41, 5.74) is 0.221. The van der Waals surface area contributed by atoms with E-state index in [1.165, 1.54) is 19.3 Å². The normalized spacial score (nSPS) is 14.3. The van der Waals surface area contributed by atoms with Crippen molar-refractivity contribution in [3.63, 3.8) is 0 Å². The fourth-order valence-corrected chi connectivity index (χ4v) is 3.75. The van der Waals surface area contributed by atoms with Crippen LogP contribution >= 0.6 is 11.8 Å². The molecule has 1 heterocycles. The molecule has 184 valence electrons. The van der Waals surface area contributed by atoms with E-state index in [0.29, 0.717) is 40.6 Å². The lowest BCUT2D eigenvalue weighted by Gasteiger charge is -2.13. The van der Waals surface area contributed by atoms with E-state index < -0.39 is 41.2 Å². The molecular formula is C23H20F2N2O7S. The molecule has 2 aromatic carbocycles. The third kappa shape index (κ3) is 6.57.